The van der Waals surface area contributed by atoms with Gasteiger partial charge in [0.15, 0.2) is 0 Å². The number of hydrogen-bond donors (Lipinski definition) is 0. The normalized spacial score (nSPS) is 11.5. The molecule has 0 atom stereocenters. The molecule has 0 aliphatic carbocycles. The first-order valence-corrected chi connectivity index (χ1v) is 7.86. The third-order valence-electron chi connectivity index (χ3n) is 3.19. The highest BCUT2D eigenvalue weighted by Crippen LogP contribution is 2.40. The predicted octanol–water partition coefficient (Wildman–Crippen LogP) is 5.00. The van der Waals surface area contributed by atoms with Crippen molar-refractivity contribution in [3.8, 4) is 5.69 Å². The van der Waals surface area contributed by atoms with Crippen LogP contribution in [0.15, 0.2) is 18.3 Å². The Hall–Kier alpha value is -2.04. The van der Waals surface area contributed by atoms with Crippen molar-refractivity contribution in [1.29, 1.82) is 0 Å². The second-order valence-electron chi connectivity index (χ2n) is 4.84. The van der Waals surface area contributed by atoms with Gasteiger partial charge in [-0.3, -0.25) is 14.9 Å². The molecule has 2 rings (SSSR count). The second-order valence-corrected chi connectivity index (χ2v) is 5.99. The number of amides is 1. The monoisotopic (exact) mass is 430 g/mol. The molecule has 0 fully saturated rings. The summed E-state index contributed by atoms with van der Waals surface area (Å²) in [5, 5.41) is 13.9. The summed E-state index contributed by atoms with van der Waals surface area (Å²) in [6, 6.07) is 1.17. The fraction of sp³-hybridized carbons (Fsp3) is 0.231. The number of anilines is 1. The van der Waals surface area contributed by atoms with Gasteiger partial charge in [0.1, 0.15) is 11.9 Å². The van der Waals surface area contributed by atoms with Crippen LogP contribution in [0.2, 0.25) is 10.0 Å². The topological polar surface area (TPSA) is 81.3 Å². The molecule has 0 unspecified atom stereocenters. The van der Waals surface area contributed by atoms with Crippen LogP contribution in [0.5, 0.6) is 0 Å². The molecule has 26 heavy (non-hydrogen) atoms. The van der Waals surface area contributed by atoms with E-state index in [-0.39, 0.29) is 12.1 Å². The van der Waals surface area contributed by atoms with Gasteiger partial charge in [0.05, 0.1) is 20.5 Å². The molecule has 0 saturated heterocycles. The maximum Gasteiger partial charge on any atom is 0.416 e. The van der Waals surface area contributed by atoms with E-state index in [1.165, 1.54) is 6.92 Å². The number of hydrogen-bond acceptors (Lipinski definition) is 4. The molecular weight excluding hydrogens is 424 g/mol. The van der Waals surface area contributed by atoms with Crippen molar-refractivity contribution in [3.63, 3.8) is 0 Å². The predicted molar refractivity (Wildman–Crippen MR) is 88.9 cm³/mol. The van der Waals surface area contributed by atoms with Crippen LogP contribution in [0, 0.1) is 10.1 Å². The Labute approximate surface area is 159 Å². The van der Waals surface area contributed by atoms with Crippen LogP contribution >= 0.6 is 35.0 Å². The minimum Gasteiger partial charge on any atom is -0.273 e. The summed E-state index contributed by atoms with van der Waals surface area (Å²) >= 11 is 17.6. The van der Waals surface area contributed by atoms with Crippen molar-refractivity contribution in [1.82, 2.24) is 9.78 Å². The van der Waals surface area contributed by atoms with E-state index in [2.05, 4.69) is 5.10 Å². The molecule has 0 radical (unpaired) electrons. The van der Waals surface area contributed by atoms with Gasteiger partial charge < -0.3 is 0 Å². The highest BCUT2D eigenvalue weighted by Gasteiger charge is 2.34. The number of carbonyl (C=O) groups excluding carboxylic acids is 1. The number of rotatable bonds is 4. The quantitative estimate of drug-likeness (QED) is 0.387. The first-order chi connectivity index (χ1) is 12.0. The van der Waals surface area contributed by atoms with Crippen LogP contribution in [0.1, 0.15) is 18.9 Å². The number of nitro groups is 1. The fourth-order valence-electron chi connectivity index (χ4n) is 2.00. The van der Waals surface area contributed by atoms with Gasteiger partial charge in [0.2, 0.25) is 11.7 Å². The van der Waals surface area contributed by atoms with Crippen LogP contribution in [0.4, 0.5) is 24.7 Å². The lowest BCUT2D eigenvalue weighted by Crippen LogP contribution is -2.23. The van der Waals surface area contributed by atoms with Gasteiger partial charge >= 0.3 is 11.9 Å². The number of aromatic nitrogens is 2. The Kier molecular flexibility index (Phi) is 5.69. The van der Waals surface area contributed by atoms with E-state index in [4.69, 9.17) is 35.0 Å². The summed E-state index contributed by atoms with van der Waals surface area (Å²) in [6.45, 7) is 1.46. The first kappa shape index (κ1) is 20.3. The van der Waals surface area contributed by atoms with Crippen molar-refractivity contribution in [3.05, 3.63) is 44.1 Å². The average Bonchev–Trinajstić information content (AvgIpc) is 2.96. The maximum atomic E-state index is 12.8. The molecule has 1 heterocycles. The zero-order chi connectivity index (χ0) is 19.8. The van der Waals surface area contributed by atoms with Gasteiger partial charge in [-0.1, -0.05) is 30.1 Å². The second kappa shape index (κ2) is 7.29. The molecule has 0 N–H and O–H groups in total. The summed E-state index contributed by atoms with van der Waals surface area (Å²) in [5.74, 6) is -1.22. The zero-order valence-electron chi connectivity index (χ0n) is 12.7. The summed E-state index contributed by atoms with van der Waals surface area (Å²) < 4.78 is 39.7. The van der Waals surface area contributed by atoms with Crippen LogP contribution in [-0.4, -0.2) is 20.6 Å². The lowest BCUT2D eigenvalue weighted by atomic mass is 10.2. The Bertz CT molecular complexity index is 862. The van der Waals surface area contributed by atoms with Crippen molar-refractivity contribution in [2.75, 3.05) is 4.42 Å². The molecule has 0 aliphatic rings. The standard InChI is InChI=1S/C13H8Cl3F3N4O3/c1-2-10(24)21(16)12-9(23(25)26)5-20-22(12)11-7(14)3-6(4-8(11)15)13(17,18)19/h3-5H,2H2,1H3. The lowest BCUT2D eigenvalue weighted by molar-refractivity contribution is -0.384. The Balaban J connectivity index is 2.74. The van der Waals surface area contributed by atoms with E-state index in [9.17, 15) is 28.1 Å². The van der Waals surface area contributed by atoms with Crippen LogP contribution in [0.25, 0.3) is 5.69 Å². The van der Waals surface area contributed by atoms with E-state index in [1.807, 2.05) is 0 Å². The van der Waals surface area contributed by atoms with E-state index in [0.29, 0.717) is 16.6 Å². The van der Waals surface area contributed by atoms with Gasteiger partial charge in [-0.15, -0.1) is 0 Å². The number of benzene rings is 1. The van der Waals surface area contributed by atoms with Crippen LogP contribution in [-0.2, 0) is 11.0 Å². The largest absolute Gasteiger partial charge is 0.416 e. The smallest absolute Gasteiger partial charge is 0.273 e. The summed E-state index contributed by atoms with van der Waals surface area (Å²) in [7, 11) is 0. The van der Waals surface area contributed by atoms with E-state index in [0.717, 1.165) is 10.9 Å². The molecule has 0 aliphatic heterocycles. The highest BCUT2D eigenvalue weighted by atomic mass is 35.5. The molecule has 1 aromatic carbocycles. The van der Waals surface area contributed by atoms with E-state index >= 15 is 0 Å². The Morgan fingerprint density at radius 1 is 1.35 bits per heavy atom. The van der Waals surface area contributed by atoms with Crippen LogP contribution < -0.4 is 4.42 Å². The third kappa shape index (κ3) is 3.71. The molecular formula is C13H8Cl3F3N4O3. The molecule has 0 spiro atoms. The van der Waals surface area contributed by atoms with Crippen molar-refractivity contribution >= 4 is 52.4 Å². The van der Waals surface area contributed by atoms with Crippen molar-refractivity contribution < 1.29 is 22.9 Å². The summed E-state index contributed by atoms with van der Waals surface area (Å²) in [5.41, 5.74) is -2.07. The SMILES string of the molecule is CCC(=O)N(Cl)c1c([N+](=O)[O-])cnn1-c1c(Cl)cc(C(F)(F)F)cc1Cl. The van der Waals surface area contributed by atoms with E-state index < -0.39 is 44.1 Å². The minimum atomic E-state index is -4.71. The molecule has 0 saturated carbocycles. The summed E-state index contributed by atoms with van der Waals surface area (Å²) in [4.78, 5) is 22.2. The molecule has 13 heteroatoms. The van der Waals surface area contributed by atoms with Crippen molar-refractivity contribution in [2.45, 2.75) is 19.5 Å². The van der Waals surface area contributed by atoms with Gasteiger partial charge in [-0.05, 0) is 12.1 Å². The van der Waals surface area contributed by atoms with E-state index in [1.54, 1.807) is 0 Å². The number of halogens is 6. The molecule has 1 aromatic heterocycles. The Morgan fingerprint density at radius 3 is 2.31 bits per heavy atom. The molecule has 7 nitrogen and oxygen atoms in total. The molecule has 1 amide bonds. The minimum absolute atomic E-state index is 0.0969. The number of nitrogens with zero attached hydrogens (tertiary/aromatic N) is 4. The molecule has 140 valence electrons. The number of carbonyl (C=O) groups is 1. The van der Waals surface area contributed by atoms with Gasteiger partial charge in [-0.2, -0.15) is 22.7 Å². The van der Waals surface area contributed by atoms with Gasteiger partial charge in [-0.25, -0.2) is 4.68 Å². The average molecular weight is 432 g/mol. The molecule has 2 aromatic rings. The van der Waals surface area contributed by atoms with Crippen LogP contribution in [0.3, 0.4) is 0 Å². The van der Waals surface area contributed by atoms with Crippen molar-refractivity contribution in [2.24, 2.45) is 0 Å². The maximum absolute atomic E-state index is 12.8. The zero-order valence-corrected chi connectivity index (χ0v) is 15.0. The molecule has 0 bridgehead atoms. The Morgan fingerprint density at radius 2 is 1.88 bits per heavy atom. The first-order valence-electron chi connectivity index (χ1n) is 6.76. The lowest BCUT2D eigenvalue weighted by Gasteiger charge is -2.17. The number of alkyl halides is 3. The summed E-state index contributed by atoms with van der Waals surface area (Å²) in [6.07, 6.45) is -4.03. The highest BCUT2D eigenvalue weighted by molar-refractivity contribution is 6.39. The fourth-order valence-corrected chi connectivity index (χ4v) is 2.92. The van der Waals surface area contributed by atoms with Gasteiger partial charge in [0.25, 0.3) is 0 Å². The third-order valence-corrected chi connectivity index (χ3v) is 4.11. The van der Waals surface area contributed by atoms with Gasteiger partial charge in [0, 0.05) is 18.2 Å².